The van der Waals surface area contributed by atoms with E-state index < -0.39 is 15.2 Å². The number of hydrogen-bond donors (Lipinski definition) is 0. The molecule has 0 bridgehead atoms. The van der Waals surface area contributed by atoms with E-state index in [-0.39, 0.29) is 25.8 Å². The molecule has 47 heavy (non-hydrogen) atoms. The monoisotopic (exact) mass is 759 g/mol. The molecule has 1 nitrogen and oxygen atoms in total. The summed E-state index contributed by atoms with van der Waals surface area (Å²) in [6.45, 7) is 4.68. The molecule has 0 amide bonds. The molecular weight excluding hydrogens is 724 g/mol. The number of ether oxygens (including phenoxy) is 1. The van der Waals surface area contributed by atoms with Crippen LogP contribution in [0.25, 0.3) is 0 Å². The molecule has 7 rings (SSSR count). The molecule has 236 valence electrons. The molecular formula is C42H36ClOP2Pd+. The number of hydrogen-bond acceptors (Lipinski definition) is 1. The fraction of sp³-hybridized carbons (Fsp3) is 0.0952. The summed E-state index contributed by atoms with van der Waals surface area (Å²) < 4.78 is 7.41. The van der Waals surface area contributed by atoms with E-state index in [0.717, 1.165) is 11.5 Å². The van der Waals surface area contributed by atoms with Gasteiger partial charge in [-0.3, -0.25) is 0 Å². The smallest absolute Gasteiger partial charge is 0.174 e. The summed E-state index contributed by atoms with van der Waals surface area (Å²) >= 11 is 6.40. The predicted octanol–water partition coefficient (Wildman–Crippen LogP) is 8.92. The molecule has 5 heteroatoms. The summed E-state index contributed by atoms with van der Waals surface area (Å²) in [6, 6.07) is 57.0. The van der Waals surface area contributed by atoms with Gasteiger partial charge in [0.05, 0.1) is 5.82 Å². The average molecular weight is 761 g/mol. The minimum absolute atomic E-state index is 0. The van der Waals surface area contributed by atoms with Gasteiger partial charge in [0.2, 0.25) is 0 Å². The zero-order chi connectivity index (χ0) is 31.6. The van der Waals surface area contributed by atoms with Crippen LogP contribution in [0.2, 0.25) is 0 Å². The summed E-state index contributed by atoms with van der Waals surface area (Å²) in [5.41, 5.74) is 2.13. The van der Waals surface area contributed by atoms with Crippen molar-refractivity contribution in [3.63, 3.8) is 0 Å². The van der Waals surface area contributed by atoms with Crippen molar-refractivity contribution in [2.75, 3.05) is 5.88 Å². The van der Waals surface area contributed by atoms with E-state index in [1.54, 1.807) is 0 Å². The molecule has 0 saturated carbocycles. The summed E-state index contributed by atoms with van der Waals surface area (Å²) in [7, 11) is -3.21. The molecule has 0 N–H and O–H groups in total. The molecule has 0 aliphatic carbocycles. The van der Waals surface area contributed by atoms with Crippen molar-refractivity contribution in [3.8, 4) is 11.5 Å². The molecule has 0 atom stereocenters. The Morgan fingerprint density at radius 2 is 1.06 bits per heavy atom. The second-order valence-electron chi connectivity index (χ2n) is 12.0. The van der Waals surface area contributed by atoms with Crippen molar-refractivity contribution in [1.82, 2.24) is 0 Å². The van der Waals surface area contributed by atoms with Crippen molar-refractivity contribution in [2.45, 2.75) is 19.3 Å². The van der Waals surface area contributed by atoms with Crippen LogP contribution in [0.15, 0.2) is 170 Å². The molecule has 1 aliphatic heterocycles. The van der Waals surface area contributed by atoms with E-state index in [2.05, 4.69) is 183 Å². The SMILES string of the molecule is CC1(C)c2cccc(P(c3ccccc3)c3ccccc3)c2Oc2c1cccc2[P+](C=CCCl)(c1ccccc1)c1ccccc1.[Pd]. The van der Waals surface area contributed by atoms with Gasteiger partial charge in [0.1, 0.15) is 23.6 Å². The van der Waals surface area contributed by atoms with Crippen molar-refractivity contribution in [2.24, 2.45) is 0 Å². The van der Waals surface area contributed by atoms with Crippen LogP contribution in [0.4, 0.5) is 0 Å². The molecule has 1 aliphatic rings. The van der Waals surface area contributed by atoms with Crippen molar-refractivity contribution >= 4 is 58.6 Å². The molecule has 0 aromatic heterocycles. The van der Waals surface area contributed by atoms with Crippen molar-refractivity contribution < 1.29 is 25.2 Å². The summed E-state index contributed by atoms with van der Waals surface area (Å²) in [5.74, 6) is 4.75. The van der Waals surface area contributed by atoms with Crippen LogP contribution in [-0.2, 0) is 25.8 Å². The van der Waals surface area contributed by atoms with Gasteiger partial charge in [-0.2, -0.15) is 0 Å². The Balaban J connectivity index is 0.00000386. The maximum atomic E-state index is 7.41. The van der Waals surface area contributed by atoms with E-state index in [1.165, 1.54) is 43.0 Å². The van der Waals surface area contributed by atoms with Gasteiger partial charge in [-0.1, -0.05) is 141 Å². The Hall–Kier alpha value is -3.33. The second-order valence-corrected chi connectivity index (χ2v) is 17.7. The third kappa shape index (κ3) is 6.09. The number of halogens is 1. The molecule has 0 radical (unpaired) electrons. The van der Waals surface area contributed by atoms with E-state index in [4.69, 9.17) is 16.3 Å². The van der Waals surface area contributed by atoms with Gasteiger partial charge in [0.25, 0.3) is 0 Å². The largest absolute Gasteiger partial charge is 0.452 e. The fourth-order valence-corrected chi connectivity index (χ4v) is 13.2. The number of allylic oxidation sites excluding steroid dienone is 1. The van der Waals surface area contributed by atoms with Crippen molar-refractivity contribution in [1.29, 1.82) is 0 Å². The first kappa shape index (κ1) is 33.6. The van der Waals surface area contributed by atoms with E-state index in [9.17, 15) is 0 Å². The van der Waals surface area contributed by atoms with Gasteiger partial charge in [-0.15, -0.1) is 11.6 Å². The number of alkyl halides is 1. The summed E-state index contributed by atoms with van der Waals surface area (Å²) in [4.78, 5) is 0. The Bertz CT molecular complexity index is 1900. The molecule has 0 saturated heterocycles. The van der Waals surface area contributed by atoms with E-state index in [1.807, 2.05) is 0 Å². The number of benzene rings is 6. The Kier molecular flexibility index (Phi) is 10.3. The van der Waals surface area contributed by atoms with Gasteiger partial charge in [-0.05, 0) is 54.9 Å². The molecule has 0 spiro atoms. The normalized spacial score (nSPS) is 13.4. The molecule has 1 heterocycles. The zero-order valence-corrected chi connectivity index (χ0v) is 30.5. The van der Waals surface area contributed by atoms with Gasteiger partial charge in [0.15, 0.2) is 11.1 Å². The predicted molar refractivity (Wildman–Crippen MR) is 202 cm³/mol. The first-order chi connectivity index (χ1) is 22.6. The van der Waals surface area contributed by atoms with Crippen LogP contribution in [0, 0.1) is 0 Å². The minimum atomic E-state index is -2.34. The van der Waals surface area contributed by atoms with Crippen LogP contribution >= 0.6 is 26.8 Å². The molecule has 6 aromatic rings. The summed E-state index contributed by atoms with van der Waals surface area (Å²) in [5, 5.41) is 7.59. The van der Waals surface area contributed by atoms with Crippen LogP contribution in [0.1, 0.15) is 25.0 Å². The number of fused-ring (bicyclic) bond motifs is 2. The first-order valence-electron chi connectivity index (χ1n) is 15.6. The van der Waals surface area contributed by atoms with Gasteiger partial charge in [-0.25, -0.2) is 0 Å². The Morgan fingerprint density at radius 1 is 0.596 bits per heavy atom. The van der Waals surface area contributed by atoms with Crippen LogP contribution < -0.4 is 36.6 Å². The van der Waals surface area contributed by atoms with Gasteiger partial charge < -0.3 is 4.74 Å². The average Bonchev–Trinajstić information content (AvgIpc) is 3.11. The number of para-hydroxylation sites is 2. The maximum Gasteiger partial charge on any atom is 0.174 e. The molecule has 0 fully saturated rings. The third-order valence-electron chi connectivity index (χ3n) is 8.93. The van der Waals surface area contributed by atoms with E-state index >= 15 is 0 Å². The fourth-order valence-electron chi connectivity index (χ4n) is 6.73. The molecule has 6 aromatic carbocycles. The topological polar surface area (TPSA) is 9.23 Å². The zero-order valence-electron chi connectivity index (χ0n) is 26.4. The maximum absolute atomic E-state index is 7.41. The second kappa shape index (κ2) is 14.4. The summed E-state index contributed by atoms with van der Waals surface area (Å²) in [6.07, 6.45) is 2.12. The van der Waals surface area contributed by atoms with Crippen LogP contribution in [0.3, 0.4) is 0 Å². The van der Waals surface area contributed by atoms with Crippen LogP contribution in [0.5, 0.6) is 11.5 Å². The van der Waals surface area contributed by atoms with Crippen LogP contribution in [-0.4, -0.2) is 5.88 Å². The molecule has 0 unspecified atom stereocenters. The van der Waals surface area contributed by atoms with Gasteiger partial charge in [0, 0.05) is 48.1 Å². The third-order valence-corrected chi connectivity index (χ3v) is 15.6. The standard InChI is InChI=1S/C42H36ClOP2.Pd/c1-42(2)36-26-15-28-38(45(32-18-7-3-8-19-32)33-20-9-4-10-21-33)40(36)44-41-37(42)27-16-29-39(41)46(31-17-30-43,34-22-11-5-12-23-34)35-24-13-6-14-25-35;/h3-29,31H,30H2,1-2H3;/q+1;. The van der Waals surface area contributed by atoms with Crippen molar-refractivity contribution in [3.05, 3.63) is 181 Å². The number of rotatable bonds is 8. The minimum Gasteiger partial charge on any atom is -0.452 e. The Morgan fingerprint density at radius 3 is 1.57 bits per heavy atom. The van der Waals surface area contributed by atoms with E-state index in [0.29, 0.717) is 5.88 Å². The van der Waals surface area contributed by atoms with Gasteiger partial charge >= 0.3 is 0 Å². The quantitative estimate of drug-likeness (QED) is 0.0856. The first-order valence-corrected chi connectivity index (χ1v) is 19.4. The Labute approximate surface area is 299 Å².